The van der Waals surface area contributed by atoms with Gasteiger partial charge in [0.05, 0.1) is 5.02 Å². The van der Waals surface area contributed by atoms with Gasteiger partial charge in [0, 0.05) is 26.9 Å². The molecular weight excluding hydrogens is 369 g/mol. The number of halogens is 3. The van der Waals surface area contributed by atoms with Crippen molar-refractivity contribution in [3.8, 4) is 5.75 Å². The lowest BCUT2D eigenvalue weighted by atomic mass is 10.3. The van der Waals surface area contributed by atoms with Crippen LogP contribution in [-0.4, -0.2) is 4.98 Å². The molecule has 0 aliphatic heterocycles. The summed E-state index contributed by atoms with van der Waals surface area (Å²) in [5.74, 6) is 0.662. The first-order valence-electron chi connectivity index (χ1n) is 4.82. The highest BCUT2D eigenvalue weighted by Gasteiger charge is 2.03. The molecule has 0 amide bonds. The van der Waals surface area contributed by atoms with Gasteiger partial charge in [-0.3, -0.25) is 4.98 Å². The van der Waals surface area contributed by atoms with Crippen molar-refractivity contribution in [2.24, 2.45) is 0 Å². The number of ether oxygens (including phenoxy) is 1. The molecule has 0 aliphatic carbocycles. The summed E-state index contributed by atoms with van der Waals surface area (Å²) in [6, 6.07) is 7.48. The van der Waals surface area contributed by atoms with Crippen LogP contribution >= 0.6 is 43.5 Å². The summed E-state index contributed by atoms with van der Waals surface area (Å²) in [4.78, 5) is 4.07. The first-order chi connectivity index (χ1) is 8.15. The number of pyridine rings is 1. The molecule has 0 saturated carbocycles. The highest BCUT2D eigenvalue weighted by atomic mass is 79.9. The Morgan fingerprint density at radius 1 is 1.12 bits per heavy atom. The lowest BCUT2D eigenvalue weighted by Crippen LogP contribution is -1.96. The normalized spacial score (nSPS) is 10.3. The molecule has 0 N–H and O–H groups in total. The Kier molecular flexibility index (Phi) is 4.42. The summed E-state index contributed by atoms with van der Waals surface area (Å²) in [6.07, 6.45) is 3.49. The average Bonchev–Trinajstić information content (AvgIpc) is 2.28. The summed E-state index contributed by atoms with van der Waals surface area (Å²) in [6.45, 7) is 0.438. The Balaban J connectivity index is 2.07. The molecule has 5 heteroatoms. The molecule has 0 atom stereocenters. The summed E-state index contributed by atoms with van der Waals surface area (Å²) in [5.41, 5.74) is 0.985. The zero-order valence-electron chi connectivity index (χ0n) is 8.66. The van der Waals surface area contributed by atoms with Crippen molar-refractivity contribution < 1.29 is 4.74 Å². The van der Waals surface area contributed by atoms with Crippen LogP contribution in [0.25, 0.3) is 0 Å². The van der Waals surface area contributed by atoms with Crippen LogP contribution in [0.5, 0.6) is 5.75 Å². The third kappa shape index (κ3) is 3.69. The Bertz CT molecular complexity index is 534. The maximum Gasteiger partial charge on any atom is 0.138 e. The van der Waals surface area contributed by atoms with Crippen LogP contribution in [0, 0.1) is 0 Å². The standard InChI is InChI=1S/C12H8Br2ClNO/c13-9-1-2-12(11(15)4-9)17-7-8-3-10(14)6-16-5-8/h1-6H,7H2. The molecule has 0 spiro atoms. The fraction of sp³-hybridized carbons (Fsp3) is 0.0833. The Hall–Kier alpha value is -0.580. The minimum Gasteiger partial charge on any atom is -0.487 e. The molecule has 0 saturated heterocycles. The Morgan fingerprint density at radius 2 is 1.94 bits per heavy atom. The van der Waals surface area contributed by atoms with Crippen molar-refractivity contribution >= 4 is 43.5 Å². The quantitative estimate of drug-likeness (QED) is 0.764. The van der Waals surface area contributed by atoms with E-state index in [1.165, 1.54) is 0 Å². The number of rotatable bonds is 3. The smallest absolute Gasteiger partial charge is 0.138 e. The van der Waals surface area contributed by atoms with Crippen molar-refractivity contribution in [3.05, 3.63) is 56.2 Å². The van der Waals surface area contributed by atoms with Crippen LogP contribution in [0.3, 0.4) is 0 Å². The van der Waals surface area contributed by atoms with E-state index in [4.69, 9.17) is 16.3 Å². The van der Waals surface area contributed by atoms with Gasteiger partial charge < -0.3 is 4.74 Å². The number of benzene rings is 1. The van der Waals surface area contributed by atoms with Gasteiger partial charge in [0.1, 0.15) is 12.4 Å². The second kappa shape index (κ2) is 5.85. The maximum absolute atomic E-state index is 6.05. The van der Waals surface area contributed by atoms with Crippen LogP contribution in [0.4, 0.5) is 0 Å². The van der Waals surface area contributed by atoms with E-state index in [-0.39, 0.29) is 0 Å². The molecule has 0 aliphatic rings. The van der Waals surface area contributed by atoms with E-state index in [9.17, 15) is 0 Å². The van der Waals surface area contributed by atoms with E-state index < -0.39 is 0 Å². The minimum atomic E-state index is 0.438. The molecule has 1 aromatic heterocycles. The monoisotopic (exact) mass is 375 g/mol. The van der Waals surface area contributed by atoms with Crippen LogP contribution < -0.4 is 4.74 Å². The first-order valence-corrected chi connectivity index (χ1v) is 6.79. The fourth-order valence-electron chi connectivity index (χ4n) is 1.29. The van der Waals surface area contributed by atoms with E-state index in [2.05, 4.69) is 36.8 Å². The highest BCUT2D eigenvalue weighted by Crippen LogP contribution is 2.28. The summed E-state index contributed by atoms with van der Waals surface area (Å²) in [5, 5.41) is 0.585. The molecule has 0 fully saturated rings. The number of hydrogen-bond acceptors (Lipinski definition) is 2. The van der Waals surface area contributed by atoms with Gasteiger partial charge in [-0.15, -0.1) is 0 Å². The van der Waals surface area contributed by atoms with Crippen LogP contribution in [-0.2, 0) is 6.61 Å². The molecule has 0 unspecified atom stereocenters. The number of nitrogens with zero attached hydrogens (tertiary/aromatic N) is 1. The van der Waals surface area contributed by atoms with Crippen molar-refractivity contribution in [2.75, 3.05) is 0 Å². The zero-order chi connectivity index (χ0) is 12.3. The van der Waals surface area contributed by atoms with Crippen molar-refractivity contribution in [1.82, 2.24) is 4.98 Å². The van der Waals surface area contributed by atoms with Crippen molar-refractivity contribution in [2.45, 2.75) is 6.61 Å². The molecule has 1 aromatic carbocycles. The largest absolute Gasteiger partial charge is 0.487 e. The SMILES string of the molecule is Clc1cc(Br)ccc1OCc1cncc(Br)c1. The van der Waals surface area contributed by atoms with Gasteiger partial charge in [-0.25, -0.2) is 0 Å². The van der Waals surface area contributed by atoms with Gasteiger partial charge in [-0.05, 0) is 40.2 Å². The Morgan fingerprint density at radius 3 is 2.65 bits per heavy atom. The molecule has 88 valence electrons. The maximum atomic E-state index is 6.05. The average molecular weight is 377 g/mol. The van der Waals surface area contributed by atoms with Crippen LogP contribution in [0.15, 0.2) is 45.6 Å². The van der Waals surface area contributed by atoms with Gasteiger partial charge in [0.25, 0.3) is 0 Å². The fourth-order valence-corrected chi connectivity index (χ4v) is 2.43. The van der Waals surface area contributed by atoms with Gasteiger partial charge in [-0.2, -0.15) is 0 Å². The third-order valence-electron chi connectivity index (χ3n) is 2.05. The van der Waals surface area contributed by atoms with Gasteiger partial charge in [-0.1, -0.05) is 27.5 Å². The second-order valence-electron chi connectivity index (χ2n) is 3.37. The predicted octanol–water partition coefficient (Wildman–Crippen LogP) is 4.84. The number of aromatic nitrogens is 1. The second-order valence-corrected chi connectivity index (χ2v) is 5.61. The predicted molar refractivity (Wildman–Crippen MR) is 75.4 cm³/mol. The highest BCUT2D eigenvalue weighted by molar-refractivity contribution is 9.10. The van der Waals surface area contributed by atoms with E-state index in [0.29, 0.717) is 17.4 Å². The van der Waals surface area contributed by atoms with Crippen LogP contribution in [0.2, 0.25) is 5.02 Å². The molecule has 0 bridgehead atoms. The van der Waals surface area contributed by atoms with Crippen molar-refractivity contribution in [3.63, 3.8) is 0 Å². The molecule has 0 radical (unpaired) electrons. The molecule has 2 nitrogen and oxygen atoms in total. The van der Waals surface area contributed by atoms with E-state index in [1.54, 1.807) is 18.5 Å². The molecule has 2 rings (SSSR count). The van der Waals surface area contributed by atoms with E-state index in [0.717, 1.165) is 14.5 Å². The van der Waals surface area contributed by atoms with Gasteiger partial charge >= 0.3 is 0 Å². The lowest BCUT2D eigenvalue weighted by molar-refractivity contribution is 0.306. The summed E-state index contributed by atoms with van der Waals surface area (Å²) >= 11 is 12.8. The lowest BCUT2D eigenvalue weighted by Gasteiger charge is -2.08. The molecular formula is C12H8Br2ClNO. The summed E-state index contributed by atoms with van der Waals surface area (Å²) in [7, 11) is 0. The zero-order valence-corrected chi connectivity index (χ0v) is 12.6. The van der Waals surface area contributed by atoms with E-state index >= 15 is 0 Å². The van der Waals surface area contributed by atoms with Gasteiger partial charge in [0.15, 0.2) is 0 Å². The number of hydrogen-bond donors (Lipinski definition) is 0. The summed E-state index contributed by atoms with van der Waals surface area (Å²) < 4.78 is 7.48. The van der Waals surface area contributed by atoms with Gasteiger partial charge in [0.2, 0.25) is 0 Å². The van der Waals surface area contributed by atoms with Crippen molar-refractivity contribution in [1.29, 1.82) is 0 Å². The van der Waals surface area contributed by atoms with Crippen LogP contribution in [0.1, 0.15) is 5.56 Å². The molecule has 2 aromatic rings. The van der Waals surface area contributed by atoms with E-state index in [1.807, 2.05) is 18.2 Å². The Labute approximate surface area is 121 Å². The topological polar surface area (TPSA) is 22.1 Å². The first kappa shape index (κ1) is 12.9. The third-order valence-corrected chi connectivity index (χ3v) is 3.27. The minimum absolute atomic E-state index is 0.438. The molecule has 1 heterocycles. The molecule has 17 heavy (non-hydrogen) atoms.